The molecule has 0 spiro atoms. The van der Waals surface area contributed by atoms with Crippen molar-refractivity contribution in [2.24, 2.45) is 0 Å². The lowest BCUT2D eigenvalue weighted by Crippen LogP contribution is -2.40. The minimum atomic E-state index is -1.06. The van der Waals surface area contributed by atoms with Crippen LogP contribution in [0.1, 0.15) is 18.0 Å². The molecule has 0 aliphatic carbocycles. The van der Waals surface area contributed by atoms with Crippen molar-refractivity contribution in [3.63, 3.8) is 0 Å². The molecule has 23 heavy (non-hydrogen) atoms. The highest BCUT2D eigenvalue weighted by Gasteiger charge is 2.34. The number of carbonyl (C=O) groups is 2. The number of amides is 1. The Balaban J connectivity index is 1.82. The number of carboxylic acids is 1. The SMILES string of the molecule is O=C(O)C1c2ccccc2OCCN1C(=O)CCn1cccn1. The van der Waals surface area contributed by atoms with E-state index in [-0.39, 0.29) is 25.5 Å². The van der Waals surface area contributed by atoms with Crippen LogP contribution in [0.15, 0.2) is 42.7 Å². The Morgan fingerprint density at radius 3 is 2.87 bits per heavy atom. The second-order valence-electron chi connectivity index (χ2n) is 5.23. The summed E-state index contributed by atoms with van der Waals surface area (Å²) in [5, 5.41) is 13.7. The molecule has 0 radical (unpaired) electrons. The number of aliphatic carboxylic acids is 1. The Morgan fingerprint density at radius 1 is 1.30 bits per heavy atom. The third-order valence-electron chi connectivity index (χ3n) is 3.78. The molecular formula is C16H17N3O4. The highest BCUT2D eigenvalue weighted by atomic mass is 16.5. The van der Waals surface area contributed by atoms with Crippen LogP contribution in [0.25, 0.3) is 0 Å². The normalized spacial score (nSPS) is 17.0. The van der Waals surface area contributed by atoms with E-state index in [9.17, 15) is 14.7 Å². The molecule has 1 amide bonds. The first-order valence-electron chi connectivity index (χ1n) is 7.38. The van der Waals surface area contributed by atoms with Gasteiger partial charge in [-0.2, -0.15) is 5.10 Å². The lowest BCUT2D eigenvalue weighted by molar-refractivity contribution is -0.150. The molecule has 1 aromatic heterocycles. The number of hydrogen-bond acceptors (Lipinski definition) is 4. The first kappa shape index (κ1) is 15.1. The number of carbonyl (C=O) groups excluding carboxylic acids is 1. The molecule has 0 saturated heterocycles. The van der Waals surface area contributed by atoms with Crippen molar-refractivity contribution < 1.29 is 19.4 Å². The van der Waals surface area contributed by atoms with Crippen LogP contribution in [0.3, 0.4) is 0 Å². The van der Waals surface area contributed by atoms with E-state index in [1.165, 1.54) is 4.90 Å². The lowest BCUT2D eigenvalue weighted by Gasteiger charge is -2.26. The summed E-state index contributed by atoms with van der Waals surface area (Å²) in [6, 6.07) is 7.69. The van der Waals surface area contributed by atoms with E-state index in [4.69, 9.17) is 4.74 Å². The van der Waals surface area contributed by atoms with Crippen molar-refractivity contribution in [2.45, 2.75) is 19.0 Å². The third-order valence-corrected chi connectivity index (χ3v) is 3.78. The van der Waals surface area contributed by atoms with E-state index >= 15 is 0 Å². The molecule has 0 saturated carbocycles. The van der Waals surface area contributed by atoms with Gasteiger partial charge in [0, 0.05) is 30.9 Å². The van der Waals surface area contributed by atoms with Crippen LogP contribution in [0, 0.1) is 0 Å². The zero-order valence-electron chi connectivity index (χ0n) is 12.5. The molecule has 1 aliphatic rings. The summed E-state index contributed by atoms with van der Waals surface area (Å²) in [7, 11) is 0. The van der Waals surface area contributed by atoms with Crippen molar-refractivity contribution in [1.82, 2.24) is 14.7 Å². The number of aryl methyl sites for hydroxylation is 1. The maximum Gasteiger partial charge on any atom is 0.331 e. The van der Waals surface area contributed by atoms with Crippen LogP contribution in [-0.4, -0.2) is 44.8 Å². The Bertz CT molecular complexity index is 699. The quantitative estimate of drug-likeness (QED) is 0.920. The molecule has 7 nitrogen and oxygen atoms in total. The average molecular weight is 315 g/mol. The van der Waals surface area contributed by atoms with Gasteiger partial charge in [0.1, 0.15) is 12.4 Å². The standard InChI is InChI=1S/C16H17N3O4/c20-14(6-9-18-8-3-7-17-18)19-10-11-23-13-5-2-1-4-12(13)15(19)16(21)22/h1-5,7-8,15H,6,9-11H2,(H,21,22). The summed E-state index contributed by atoms with van der Waals surface area (Å²) in [6.07, 6.45) is 3.59. The number of carboxylic acid groups (broad SMARTS) is 1. The lowest BCUT2D eigenvalue weighted by atomic mass is 10.0. The van der Waals surface area contributed by atoms with Crippen molar-refractivity contribution in [3.8, 4) is 5.75 Å². The van der Waals surface area contributed by atoms with Crippen LogP contribution in [-0.2, 0) is 16.1 Å². The van der Waals surface area contributed by atoms with Crippen LogP contribution in [0.5, 0.6) is 5.75 Å². The predicted octanol–water partition coefficient (Wildman–Crippen LogP) is 1.32. The third kappa shape index (κ3) is 3.18. The van der Waals surface area contributed by atoms with Crippen molar-refractivity contribution >= 4 is 11.9 Å². The molecule has 3 rings (SSSR count). The van der Waals surface area contributed by atoms with Gasteiger partial charge >= 0.3 is 5.97 Å². The van der Waals surface area contributed by atoms with Gasteiger partial charge in [-0.3, -0.25) is 9.48 Å². The minimum Gasteiger partial charge on any atom is -0.491 e. The molecule has 1 atom stereocenters. The largest absolute Gasteiger partial charge is 0.491 e. The number of para-hydroxylation sites is 1. The van der Waals surface area contributed by atoms with E-state index in [1.54, 1.807) is 47.4 Å². The monoisotopic (exact) mass is 315 g/mol. The smallest absolute Gasteiger partial charge is 0.331 e. The highest BCUT2D eigenvalue weighted by Crippen LogP contribution is 2.32. The summed E-state index contributed by atoms with van der Waals surface area (Å²) >= 11 is 0. The Kier molecular flexibility index (Phi) is 4.27. The fourth-order valence-corrected chi connectivity index (χ4v) is 2.71. The molecule has 120 valence electrons. The van der Waals surface area contributed by atoms with Crippen LogP contribution < -0.4 is 4.74 Å². The molecule has 0 bridgehead atoms. The molecule has 0 fully saturated rings. The molecule has 1 N–H and O–H groups in total. The van der Waals surface area contributed by atoms with Crippen LogP contribution >= 0.6 is 0 Å². The number of hydrogen-bond donors (Lipinski definition) is 1. The van der Waals surface area contributed by atoms with Gasteiger partial charge in [-0.25, -0.2) is 4.79 Å². The van der Waals surface area contributed by atoms with E-state index in [1.807, 2.05) is 0 Å². The number of fused-ring (bicyclic) bond motifs is 1. The summed E-state index contributed by atoms with van der Waals surface area (Å²) in [4.78, 5) is 25.7. The maximum absolute atomic E-state index is 12.5. The van der Waals surface area contributed by atoms with Crippen molar-refractivity contribution in [2.75, 3.05) is 13.2 Å². The van der Waals surface area contributed by atoms with Crippen molar-refractivity contribution in [3.05, 3.63) is 48.3 Å². The van der Waals surface area contributed by atoms with Gasteiger partial charge < -0.3 is 14.7 Å². The summed E-state index contributed by atoms with van der Waals surface area (Å²) in [6.45, 7) is 0.926. The summed E-state index contributed by atoms with van der Waals surface area (Å²) in [5.41, 5.74) is 0.505. The molecule has 2 heterocycles. The highest BCUT2D eigenvalue weighted by molar-refractivity contribution is 5.85. The topological polar surface area (TPSA) is 84.7 Å². The number of nitrogens with zero attached hydrogens (tertiary/aromatic N) is 3. The van der Waals surface area contributed by atoms with E-state index in [0.29, 0.717) is 17.9 Å². The van der Waals surface area contributed by atoms with E-state index < -0.39 is 12.0 Å². The first-order chi connectivity index (χ1) is 11.2. The second-order valence-corrected chi connectivity index (χ2v) is 5.23. The van der Waals surface area contributed by atoms with Gasteiger partial charge in [0.15, 0.2) is 6.04 Å². The maximum atomic E-state index is 12.5. The fourth-order valence-electron chi connectivity index (χ4n) is 2.71. The summed E-state index contributed by atoms with van der Waals surface area (Å²) < 4.78 is 7.23. The molecule has 7 heteroatoms. The second kappa shape index (κ2) is 6.51. The molecular weight excluding hydrogens is 298 g/mol. The van der Waals surface area contributed by atoms with Gasteiger partial charge in [-0.15, -0.1) is 0 Å². The van der Waals surface area contributed by atoms with Gasteiger partial charge in [0.25, 0.3) is 0 Å². The van der Waals surface area contributed by atoms with Gasteiger partial charge in [-0.05, 0) is 12.1 Å². The minimum absolute atomic E-state index is 0.188. The molecule has 2 aromatic rings. The van der Waals surface area contributed by atoms with Gasteiger partial charge in [0.2, 0.25) is 5.91 Å². The van der Waals surface area contributed by atoms with Crippen LogP contribution in [0.2, 0.25) is 0 Å². The van der Waals surface area contributed by atoms with E-state index in [0.717, 1.165) is 0 Å². The molecule has 1 unspecified atom stereocenters. The number of benzene rings is 1. The van der Waals surface area contributed by atoms with Gasteiger partial charge in [0.05, 0.1) is 6.54 Å². The zero-order chi connectivity index (χ0) is 16.2. The Morgan fingerprint density at radius 2 is 2.13 bits per heavy atom. The fraction of sp³-hybridized carbons (Fsp3) is 0.312. The molecule has 1 aromatic carbocycles. The number of rotatable bonds is 4. The average Bonchev–Trinajstić information content (AvgIpc) is 2.98. The van der Waals surface area contributed by atoms with E-state index in [2.05, 4.69) is 5.10 Å². The zero-order valence-corrected chi connectivity index (χ0v) is 12.5. The number of ether oxygens (including phenoxy) is 1. The first-order valence-corrected chi connectivity index (χ1v) is 7.38. The van der Waals surface area contributed by atoms with Crippen LogP contribution in [0.4, 0.5) is 0 Å². The molecule has 1 aliphatic heterocycles. The Labute approximate surface area is 133 Å². The predicted molar refractivity (Wildman–Crippen MR) is 80.9 cm³/mol. The number of aromatic nitrogens is 2. The van der Waals surface area contributed by atoms with Gasteiger partial charge in [-0.1, -0.05) is 18.2 Å². The summed E-state index contributed by atoms with van der Waals surface area (Å²) in [5.74, 6) is -0.772. The van der Waals surface area contributed by atoms with Crippen molar-refractivity contribution in [1.29, 1.82) is 0 Å². The Hall–Kier alpha value is -2.83.